The van der Waals surface area contributed by atoms with E-state index in [-0.39, 0.29) is 18.2 Å². The highest BCUT2D eigenvalue weighted by atomic mass is 35.5. The molecule has 0 bridgehead atoms. The molecule has 0 atom stereocenters. The Morgan fingerprint density at radius 1 is 1.31 bits per heavy atom. The number of alkyl halides is 3. The van der Waals surface area contributed by atoms with Crippen LogP contribution in [0.2, 0.25) is 5.02 Å². The number of halogens is 4. The Morgan fingerprint density at radius 2 is 1.94 bits per heavy atom. The number of benzene rings is 1. The third-order valence-electron chi connectivity index (χ3n) is 2.07. The van der Waals surface area contributed by atoms with Crippen molar-refractivity contribution in [2.45, 2.75) is 32.6 Å². The van der Waals surface area contributed by atoms with Crippen LogP contribution in [0.15, 0.2) is 18.2 Å². The summed E-state index contributed by atoms with van der Waals surface area (Å²) in [4.78, 5) is 0. The minimum absolute atomic E-state index is 0.125. The molecular weight excluding hydrogens is 239 g/mol. The van der Waals surface area contributed by atoms with Crippen LogP contribution in [0.25, 0.3) is 0 Å². The Kier molecular flexibility index (Phi) is 4.21. The second-order valence-electron chi connectivity index (χ2n) is 3.83. The summed E-state index contributed by atoms with van der Waals surface area (Å²) in [7, 11) is 0. The van der Waals surface area contributed by atoms with Crippen LogP contribution in [0.1, 0.15) is 25.0 Å². The Labute approximate surface area is 97.6 Å². The highest BCUT2D eigenvalue weighted by Crippen LogP contribution is 2.33. The summed E-state index contributed by atoms with van der Waals surface area (Å²) in [6.07, 6.45) is -4.33. The van der Waals surface area contributed by atoms with Gasteiger partial charge in [-0.2, -0.15) is 13.2 Å². The summed E-state index contributed by atoms with van der Waals surface area (Å²) in [6, 6.07) is 3.74. The zero-order valence-corrected chi connectivity index (χ0v) is 9.78. The van der Waals surface area contributed by atoms with Gasteiger partial charge in [0.25, 0.3) is 0 Å². The topological polar surface area (TPSA) is 12.0 Å². The molecule has 1 aromatic carbocycles. The summed E-state index contributed by atoms with van der Waals surface area (Å²) in [5, 5.41) is 3.26. The van der Waals surface area contributed by atoms with Gasteiger partial charge in [0.2, 0.25) is 0 Å². The molecule has 0 spiro atoms. The van der Waals surface area contributed by atoms with Crippen LogP contribution in [0.4, 0.5) is 13.2 Å². The van der Waals surface area contributed by atoms with Gasteiger partial charge in [0.05, 0.1) is 5.56 Å². The molecule has 0 saturated carbocycles. The number of rotatable bonds is 3. The van der Waals surface area contributed by atoms with Crippen LogP contribution in [0, 0.1) is 0 Å². The predicted octanol–water partition coefficient (Wildman–Crippen LogP) is 3.86. The molecule has 0 fully saturated rings. The summed E-state index contributed by atoms with van der Waals surface area (Å²) < 4.78 is 37.9. The maximum atomic E-state index is 12.6. The van der Waals surface area contributed by atoms with Gasteiger partial charge < -0.3 is 5.32 Å². The lowest BCUT2D eigenvalue weighted by molar-refractivity contribution is -0.138. The van der Waals surface area contributed by atoms with Gasteiger partial charge in [-0.1, -0.05) is 25.4 Å². The average Bonchev–Trinajstić information content (AvgIpc) is 2.12. The molecular formula is C11H13ClF3N. The highest BCUT2D eigenvalue weighted by molar-refractivity contribution is 6.30. The lowest BCUT2D eigenvalue weighted by Crippen LogP contribution is -2.23. The van der Waals surface area contributed by atoms with E-state index in [1.54, 1.807) is 0 Å². The van der Waals surface area contributed by atoms with Crippen LogP contribution in [-0.4, -0.2) is 6.04 Å². The molecule has 5 heteroatoms. The summed E-state index contributed by atoms with van der Waals surface area (Å²) in [6.45, 7) is 3.91. The van der Waals surface area contributed by atoms with Crippen LogP contribution in [-0.2, 0) is 12.7 Å². The first-order valence-corrected chi connectivity index (χ1v) is 5.27. The third kappa shape index (κ3) is 3.68. The van der Waals surface area contributed by atoms with Crippen LogP contribution in [0.5, 0.6) is 0 Å². The molecule has 0 aliphatic rings. The molecule has 0 unspecified atom stereocenters. The van der Waals surface area contributed by atoms with Crippen molar-refractivity contribution in [1.29, 1.82) is 0 Å². The molecule has 0 aliphatic carbocycles. The molecule has 1 N–H and O–H groups in total. The maximum absolute atomic E-state index is 12.6. The average molecular weight is 252 g/mol. The smallest absolute Gasteiger partial charge is 0.310 e. The van der Waals surface area contributed by atoms with E-state index in [4.69, 9.17) is 11.6 Å². The molecule has 0 radical (unpaired) electrons. The van der Waals surface area contributed by atoms with Crippen molar-refractivity contribution in [2.24, 2.45) is 0 Å². The van der Waals surface area contributed by atoms with Crippen molar-refractivity contribution in [3.63, 3.8) is 0 Å². The lowest BCUT2D eigenvalue weighted by Gasteiger charge is -2.15. The molecule has 0 heterocycles. The lowest BCUT2D eigenvalue weighted by atomic mass is 10.1. The van der Waals surface area contributed by atoms with Crippen LogP contribution < -0.4 is 5.32 Å². The van der Waals surface area contributed by atoms with Crippen LogP contribution >= 0.6 is 11.6 Å². The summed E-state index contributed by atoms with van der Waals surface area (Å²) >= 11 is 5.69. The van der Waals surface area contributed by atoms with Gasteiger partial charge in [0, 0.05) is 17.6 Å². The monoisotopic (exact) mass is 251 g/mol. The number of hydrogen-bond donors (Lipinski definition) is 1. The quantitative estimate of drug-likeness (QED) is 0.860. The fourth-order valence-corrected chi connectivity index (χ4v) is 1.49. The largest absolute Gasteiger partial charge is 0.416 e. The van der Waals surface area contributed by atoms with Gasteiger partial charge >= 0.3 is 6.18 Å². The first kappa shape index (κ1) is 13.3. The number of hydrogen-bond acceptors (Lipinski definition) is 1. The van der Waals surface area contributed by atoms with E-state index in [1.165, 1.54) is 12.1 Å². The van der Waals surface area contributed by atoms with E-state index >= 15 is 0 Å². The normalized spacial score (nSPS) is 12.2. The van der Waals surface area contributed by atoms with E-state index < -0.39 is 11.7 Å². The van der Waals surface area contributed by atoms with Crippen molar-refractivity contribution in [3.8, 4) is 0 Å². The van der Waals surface area contributed by atoms with Gasteiger partial charge in [-0.15, -0.1) is 0 Å². The minimum atomic E-state index is -4.33. The van der Waals surface area contributed by atoms with Crippen molar-refractivity contribution in [3.05, 3.63) is 34.3 Å². The van der Waals surface area contributed by atoms with Crippen molar-refractivity contribution in [2.75, 3.05) is 0 Å². The molecule has 1 nitrogen and oxygen atoms in total. The molecule has 90 valence electrons. The Balaban J connectivity index is 2.99. The van der Waals surface area contributed by atoms with Gasteiger partial charge in [0.1, 0.15) is 0 Å². The summed E-state index contributed by atoms with van der Waals surface area (Å²) in [5.74, 6) is 0. The van der Waals surface area contributed by atoms with E-state index in [0.29, 0.717) is 5.02 Å². The van der Waals surface area contributed by atoms with Gasteiger partial charge in [0.15, 0.2) is 0 Å². The van der Waals surface area contributed by atoms with E-state index in [2.05, 4.69) is 5.32 Å². The summed E-state index contributed by atoms with van der Waals surface area (Å²) in [5.41, 5.74) is -0.459. The van der Waals surface area contributed by atoms with Crippen molar-refractivity contribution in [1.82, 2.24) is 5.32 Å². The van der Waals surface area contributed by atoms with E-state index in [9.17, 15) is 13.2 Å². The third-order valence-corrected chi connectivity index (χ3v) is 2.31. The second-order valence-corrected chi connectivity index (χ2v) is 4.27. The SMILES string of the molecule is CC(C)NCc1cc(Cl)ccc1C(F)(F)F. The van der Waals surface area contributed by atoms with Crippen molar-refractivity contribution >= 4 is 11.6 Å². The first-order chi connectivity index (χ1) is 7.30. The molecule has 16 heavy (non-hydrogen) atoms. The first-order valence-electron chi connectivity index (χ1n) is 4.89. The predicted molar refractivity (Wildman–Crippen MR) is 58.4 cm³/mol. The molecule has 0 saturated heterocycles. The van der Waals surface area contributed by atoms with Gasteiger partial charge in [-0.3, -0.25) is 0 Å². The molecule has 0 aliphatic heterocycles. The Morgan fingerprint density at radius 3 is 2.44 bits per heavy atom. The Hall–Kier alpha value is -0.740. The minimum Gasteiger partial charge on any atom is -0.310 e. The highest BCUT2D eigenvalue weighted by Gasteiger charge is 2.33. The van der Waals surface area contributed by atoms with Gasteiger partial charge in [-0.05, 0) is 23.8 Å². The molecule has 1 aromatic rings. The molecule has 0 aromatic heterocycles. The molecule has 1 rings (SSSR count). The Bertz CT molecular complexity index is 361. The standard InChI is InChI=1S/C11H13ClF3N/c1-7(2)16-6-8-5-9(12)3-4-10(8)11(13,14)15/h3-5,7,16H,6H2,1-2H3. The fourth-order valence-electron chi connectivity index (χ4n) is 1.30. The number of nitrogens with one attached hydrogen (secondary N) is 1. The van der Waals surface area contributed by atoms with E-state index in [0.717, 1.165) is 6.07 Å². The zero-order chi connectivity index (χ0) is 12.3. The van der Waals surface area contributed by atoms with Crippen molar-refractivity contribution < 1.29 is 13.2 Å². The van der Waals surface area contributed by atoms with Gasteiger partial charge in [-0.25, -0.2) is 0 Å². The van der Waals surface area contributed by atoms with E-state index in [1.807, 2.05) is 13.8 Å². The van der Waals surface area contributed by atoms with Crippen LogP contribution in [0.3, 0.4) is 0 Å². The zero-order valence-electron chi connectivity index (χ0n) is 9.03. The molecule has 0 amide bonds. The maximum Gasteiger partial charge on any atom is 0.416 e. The fraction of sp³-hybridized carbons (Fsp3) is 0.455. The second kappa shape index (κ2) is 5.06.